The van der Waals surface area contributed by atoms with Gasteiger partial charge in [-0.15, -0.1) is 11.3 Å². The van der Waals surface area contributed by atoms with Crippen LogP contribution in [0.4, 0.5) is 4.39 Å². The number of alkyl halides is 1. The maximum Gasteiger partial charge on any atom is 0.162 e. The fourth-order valence-electron chi connectivity index (χ4n) is 1.31. The van der Waals surface area contributed by atoms with Crippen LogP contribution >= 0.6 is 11.3 Å². The number of furan rings is 1. The molecule has 2 aromatic rings. The fourth-order valence-corrected chi connectivity index (χ4v) is 2.10. The first-order valence-corrected chi connectivity index (χ1v) is 6.03. The zero-order valence-corrected chi connectivity index (χ0v) is 9.60. The molecule has 2 aromatic heterocycles. The molecule has 0 aliphatic heterocycles. The molecule has 0 unspecified atom stereocenters. The van der Waals surface area contributed by atoms with Crippen molar-refractivity contribution in [3.63, 3.8) is 0 Å². The molecule has 0 saturated heterocycles. The summed E-state index contributed by atoms with van der Waals surface area (Å²) in [5, 5.41) is 6.00. The standard InChI is InChI=1S/C11H13FN2OS/c12-4-2-5-13-7-9-8-16-11(14-9)10-3-1-6-15-10/h1,3,6,8,13H,2,4-5,7H2. The van der Waals surface area contributed by atoms with E-state index in [0.717, 1.165) is 16.5 Å². The minimum atomic E-state index is -0.276. The number of thiazole rings is 1. The summed E-state index contributed by atoms with van der Waals surface area (Å²) in [4.78, 5) is 4.42. The van der Waals surface area contributed by atoms with E-state index in [1.54, 1.807) is 17.6 Å². The summed E-state index contributed by atoms with van der Waals surface area (Å²) in [6.07, 6.45) is 2.19. The van der Waals surface area contributed by atoms with Crippen LogP contribution in [0.1, 0.15) is 12.1 Å². The molecule has 0 saturated carbocycles. The maximum absolute atomic E-state index is 11.8. The monoisotopic (exact) mass is 240 g/mol. The Balaban J connectivity index is 1.88. The van der Waals surface area contributed by atoms with E-state index >= 15 is 0 Å². The van der Waals surface area contributed by atoms with Crippen LogP contribution in [0.5, 0.6) is 0 Å². The van der Waals surface area contributed by atoms with Gasteiger partial charge >= 0.3 is 0 Å². The number of nitrogens with one attached hydrogen (secondary N) is 1. The first-order chi connectivity index (χ1) is 7.90. The predicted octanol–water partition coefficient (Wildman–Crippen LogP) is 2.85. The van der Waals surface area contributed by atoms with Crippen LogP contribution in [-0.2, 0) is 6.54 Å². The lowest BCUT2D eigenvalue weighted by molar-refractivity contribution is 0.458. The first-order valence-electron chi connectivity index (χ1n) is 5.15. The van der Waals surface area contributed by atoms with Crippen molar-refractivity contribution in [2.75, 3.05) is 13.2 Å². The van der Waals surface area contributed by atoms with Gasteiger partial charge in [0, 0.05) is 11.9 Å². The largest absolute Gasteiger partial charge is 0.462 e. The van der Waals surface area contributed by atoms with Crippen LogP contribution in [0, 0.1) is 0 Å². The molecule has 0 fully saturated rings. The zero-order valence-electron chi connectivity index (χ0n) is 8.78. The van der Waals surface area contributed by atoms with Gasteiger partial charge in [-0.2, -0.15) is 0 Å². The highest BCUT2D eigenvalue weighted by Crippen LogP contribution is 2.23. The molecule has 2 rings (SSSR count). The van der Waals surface area contributed by atoms with Crippen molar-refractivity contribution in [3.05, 3.63) is 29.5 Å². The molecule has 0 amide bonds. The fraction of sp³-hybridized carbons (Fsp3) is 0.364. The SMILES string of the molecule is FCCCNCc1csc(-c2ccco2)n1. The third kappa shape index (κ3) is 2.90. The Hall–Kier alpha value is -1.20. The van der Waals surface area contributed by atoms with Crippen LogP contribution < -0.4 is 5.32 Å². The highest BCUT2D eigenvalue weighted by Gasteiger charge is 2.06. The van der Waals surface area contributed by atoms with E-state index in [1.807, 2.05) is 17.5 Å². The molecule has 0 spiro atoms. The quantitative estimate of drug-likeness (QED) is 0.789. The molecule has 0 radical (unpaired) electrons. The number of aromatic nitrogens is 1. The minimum Gasteiger partial charge on any atom is -0.462 e. The Labute approximate surface area is 97.3 Å². The van der Waals surface area contributed by atoms with E-state index in [4.69, 9.17) is 4.42 Å². The molecular weight excluding hydrogens is 227 g/mol. The lowest BCUT2D eigenvalue weighted by atomic mass is 10.4. The van der Waals surface area contributed by atoms with Crippen LogP contribution in [-0.4, -0.2) is 18.2 Å². The second-order valence-electron chi connectivity index (χ2n) is 3.34. The summed E-state index contributed by atoms with van der Waals surface area (Å²) in [5.41, 5.74) is 0.968. The zero-order chi connectivity index (χ0) is 11.2. The van der Waals surface area contributed by atoms with Gasteiger partial charge < -0.3 is 9.73 Å². The van der Waals surface area contributed by atoms with Crippen molar-refractivity contribution < 1.29 is 8.81 Å². The summed E-state index contributed by atoms with van der Waals surface area (Å²) >= 11 is 1.55. The Bertz CT molecular complexity index is 413. The highest BCUT2D eigenvalue weighted by atomic mass is 32.1. The number of nitrogens with zero attached hydrogens (tertiary/aromatic N) is 1. The van der Waals surface area contributed by atoms with Gasteiger partial charge in [0.2, 0.25) is 0 Å². The summed E-state index contributed by atoms with van der Waals surface area (Å²) in [5.74, 6) is 0.792. The average molecular weight is 240 g/mol. The molecule has 0 aliphatic rings. The van der Waals surface area contributed by atoms with Crippen molar-refractivity contribution >= 4 is 11.3 Å². The van der Waals surface area contributed by atoms with E-state index in [0.29, 0.717) is 19.5 Å². The van der Waals surface area contributed by atoms with Gasteiger partial charge in [0.1, 0.15) is 0 Å². The Kier molecular flexibility index (Phi) is 4.07. The third-order valence-corrected chi connectivity index (χ3v) is 2.98. The Morgan fingerprint density at radius 1 is 1.50 bits per heavy atom. The second-order valence-corrected chi connectivity index (χ2v) is 4.20. The predicted molar refractivity (Wildman–Crippen MR) is 62.1 cm³/mol. The van der Waals surface area contributed by atoms with Crippen LogP contribution in [0.3, 0.4) is 0 Å². The van der Waals surface area contributed by atoms with Gasteiger partial charge in [-0.1, -0.05) is 0 Å². The molecule has 0 atom stereocenters. The lowest BCUT2D eigenvalue weighted by Crippen LogP contribution is -2.15. The van der Waals surface area contributed by atoms with E-state index in [9.17, 15) is 4.39 Å². The normalized spacial score (nSPS) is 10.8. The molecule has 1 N–H and O–H groups in total. The van der Waals surface area contributed by atoms with E-state index in [2.05, 4.69) is 10.3 Å². The number of hydrogen-bond donors (Lipinski definition) is 1. The van der Waals surface area contributed by atoms with E-state index < -0.39 is 0 Å². The number of halogens is 1. The third-order valence-electron chi connectivity index (χ3n) is 2.08. The molecule has 86 valence electrons. The van der Waals surface area contributed by atoms with Crippen LogP contribution in [0.15, 0.2) is 28.2 Å². The molecule has 0 aromatic carbocycles. The summed E-state index contributed by atoms with van der Waals surface area (Å²) in [6.45, 7) is 1.09. The van der Waals surface area contributed by atoms with Gasteiger partial charge in [-0.05, 0) is 25.1 Å². The molecule has 2 heterocycles. The highest BCUT2D eigenvalue weighted by molar-refractivity contribution is 7.13. The summed E-state index contributed by atoms with van der Waals surface area (Å²) in [6, 6.07) is 3.73. The van der Waals surface area contributed by atoms with Gasteiger partial charge in [0.15, 0.2) is 10.8 Å². The first kappa shape index (κ1) is 11.3. The van der Waals surface area contributed by atoms with Crippen LogP contribution in [0.2, 0.25) is 0 Å². The second kappa shape index (κ2) is 5.77. The van der Waals surface area contributed by atoms with Crippen molar-refractivity contribution in [1.29, 1.82) is 0 Å². The van der Waals surface area contributed by atoms with E-state index in [1.165, 1.54) is 0 Å². The van der Waals surface area contributed by atoms with Crippen molar-refractivity contribution in [2.45, 2.75) is 13.0 Å². The Morgan fingerprint density at radius 2 is 2.44 bits per heavy atom. The number of hydrogen-bond acceptors (Lipinski definition) is 4. The molecule has 3 nitrogen and oxygen atoms in total. The molecule has 16 heavy (non-hydrogen) atoms. The lowest BCUT2D eigenvalue weighted by Gasteiger charge is -1.98. The molecular formula is C11H13FN2OS. The summed E-state index contributed by atoms with van der Waals surface area (Å²) < 4.78 is 17.1. The van der Waals surface area contributed by atoms with Gasteiger partial charge in [-0.25, -0.2) is 4.98 Å². The molecule has 5 heteroatoms. The van der Waals surface area contributed by atoms with Gasteiger partial charge in [-0.3, -0.25) is 4.39 Å². The minimum absolute atomic E-state index is 0.276. The number of rotatable bonds is 6. The Morgan fingerprint density at radius 3 is 3.19 bits per heavy atom. The van der Waals surface area contributed by atoms with Crippen molar-refractivity contribution in [2.24, 2.45) is 0 Å². The molecule has 0 aliphatic carbocycles. The van der Waals surface area contributed by atoms with Gasteiger partial charge in [0.25, 0.3) is 0 Å². The topological polar surface area (TPSA) is 38.1 Å². The smallest absolute Gasteiger partial charge is 0.162 e. The van der Waals surface area contributed by atoms with Gasteiger partial charge in [0.05, 0.1) is 18.6 Å². The average Bonchev–Trinajstić information content (AvgIpc) is 2.94. The van der Waals surface area contributed by atoms with Crippen molar-refractivity contribution in [3.8, 4) is 10.8 Å². The maximum atomic E-state index is 11.8. The molecule has 0 bridgehead atoms. The van der Waals surface area contributed by atoms with E-state index in [-0.39, 0.29) is 6.67 Å². The summed E-state index contributed by atoms with van der Waals surface area (Å²) in [7, 11) is 0. The van der Waals surface area contributed by atoms with Crippen LogP contribution in [0.25, 0.3) is 10.8 Å². The van der Waals surface area contributed by atoms with Crippen molar-refractivity contribution in [1.82, 2.24) is 10.3 Å².